The van der Waals surface area contributed by atoms with Crippen molar-refractivity contribution in [3.8, 4) is 11.1 Å². The average molecular weight is 287 g/mol. The molecule has 1 aliphatic rings. The van der Waals surface area contributed by atoms with Crippen molar-refractivity contribution in [2.24, 2.45) is 0 Å². The van der Waals surface area contributed by atoms with Gasteiger partial charge in [-0.2, -0.15) is 0 Å². The standard InChI is InChI=1S/C17H14O2.ClH/c1-2-11-17(16(18)19)14-9-5-3-7-12(14)13-8-4-6-10-15(13)17;/h2-10H,1,11H2,(H,18,19);1H. The van der Waals surface area contributed by atoms with Crippen molar-refractivity contribution in [3.05, 3.63) is 72.3 Å². The lowest BCUT2D eigenvalue weighted by Gasteiger charge is -2.25. The summed E-state index contributed by atoms with van der Waals surface area (Å²) >= 11 is 0. The second kappa shape index (κ2) is 5.14. The average Bonchev–Trinajstić information content (AvgIpc) is 2.72. The SMILES string of the molecule is C=CCC1(C(=O)O)c2ccccc2-c2ccccc21.Cl. The molecule has 3 heteroatoms. The van der Waals surface area contributed by atoms with Crippen LogP contribution in [0.5, 0.6) is 0 Å². The monoisotopic (exact) mass is 286 g/mol. The lowest BCUT2D eigenvalue weighted by atomic mass is 9.75. The Hall–Kier alpha value is -2.06. The molecular formula is C17H15ClO2. The molecule has 2 aromatic rings. The normalized spacial score (nSPS) is 13.8. The minimum atomic E-state index is -0.991. The number of carboxylic acid groups (broad SMARTS) is 1. The van der Waals surface area contributed by atoms with E-state index >= 15 is 0 Å². The largest absolute Gasteiger partial charge is 0.480 e. The van der Waals surface area contributed by atoms with Gasteiger partial charge in [0.1, 0.15) is 5.41 Å². The van der Waals surface area contributed by atoms with Gasteiger partial charge in [-0.25, -0.2) is 0 Å². The fraction of sp³-hybridized carbons (Fsp3) is 0.118. The zero-order valence-electron chi connectivity index (χ0n) is 10.9. The van der Waals surface area contributed by atoms with Crippen LogP contribution in [0, 0.1) is 0 Å². The van der Waals surface area contributed by atoms with Crippen LogP contribution in [-0.4, -0.2) is 11.1 Å². The Bertz CT molecular complexity index is 631. The minimum Gasteiger partial charge on any atom is -0.480 e. The Kier molecular flexibility index (Phi) is 3.69. The van der Waals surface area contributed by atoms with Crippen LogP contribution in [0.1, 0.15) is 17.5 Å². The second-order valence-electron chi connectivity index (χ2n) is 4.79. The number of fused-ring (bicyclic) bond motifs is 3. The van der Waals surface area contributed by atoms with Gasteiger partial charge in [-0.3, -0.25) is 4.79 Å². The summed E-state index contributed by atoms with van der Waals surface area (Å²) in [7, 11) is 0. The van der Waals surface area contributed by atoms with Crippen LogP contribution in [0.3, 0.4) is 0 Å². The highest BCUT2D eigenvalue weighted by atomic mass is 35.5. The van der Waals surface area contributed by atoms with E-state index in [1.54, 1.807) is 6.08 Å². The van der Waals surface area contributed by atoms with E-state index in [-0.39, 0.29) is 12.4 Å². The van der Waals surface area contributed by atoms with E-state index in [1.165, 1.54) is 0 Å². The van der Waals surface area contributed by atoms with Crippen LogP contribution in [0.2, 0.25) is 0 Å². The predicted octanol–water partition coefficient (Wildman–Crippen LogP) is 4.04. The molecule has 0 radical (unpaired) electrons. The van der Waals surface area contributed by atoms with Crippen molar-refractivity contribution >= 4 is 18.4 Å². The van der Waals surface area contributed by atoms with Crippen molar-refractivity contribution in [2.45, 2.75) is 11.8 Å². The molecule has 1 N–H and O–H groups in total. The molecule has 0 saturated heterocycles. The van der Waals surface area contributed by atoms with Gasteiger partial charge in [-0.05, 0) is 28.7 Å². The van der Waals surface area contributed by atoms with Gasteiger partial charge >= 0.3 is 5.97 Å². The second-order valence-corrected chi connectivity index (χ2v) is 4.79. The first-order valence-corrected chi connectivity index (χ1v) is 6.25. The zero-order valence-corrected chi connectivity index (χ0v) is 11.7. The van der Waals surface area contributed by atoms with E-state index < -0.39 is 11.4 Å². The molecule has 0 aromatic heterocycles. The molecule has 0 amide bonds. The number of allylic oxidation sites excluding steroid dienone is 1. The molecule has 1 aliphatic carbocycles. The number of benzene rings is 2. The van der Waals surface area contributed by atoms with Crippen molar-refractivity contribution < 1.29 is 9.90 Å². The van der Waals surface area contributed by atoms with Gasteiger partial charge in [0, 0.05) is 0 Å². The maximum Gasteiger partial charge on any atom is 0.319 e. The number of halogens is 1. The van der Waals surface area contributed by atoms with Gasteiger partial charge in [-0.15, -0.1) is 19.0 Å². The summed E-state index contributed by atoms with van der Waals surface area (Å²) in [4.78, 5) is 12.0. The molecule has 20 heavy (non-hydrogen) atoms. The van der Waals surface area contributed by atoms with E-state index in [0.717, 1.165) is 22.3 Å². The molecular weight excluding hydrogens is 272 g/mol. The summed E-state index contributed by atoms with van der Waals surface area (Å²) in [6.07, 6.45) is 2.09. The molecule has 0 atom stereocenters. The van der Waals surface area contributed by atoms with Crippen molar-refractivity contribution in [3.63, 3.8) is 0 Å². The van der Waals surface area contributed by atoms with E-state index in [0.29, 0.717) is 6.42 Å². The van der Waals surface area contributed by atoms with Crippen LogP contribution in [-0.2, 0) is 10.2 Å². The van der Waals surface area contributed by atoms with Crippen LogP contribution >= 0.6 is 12.4 Å². The fourth-order valence-electron chi connectivity index (χ4n) is 3.08. The van der Waals surface area contributed by atoms with Crippen LogP contribution in [0.15, 0.2) is 61.2 Å². The summed E-state index contributed by atoms with van der Waals surface area (Å²) in [6, 6.07) is 15.5. The summed E-state index contributed by atoms with van der Waals surface area (Å²) in [5, 5.41) is 9.84. The number of carbonyl (C=O) groups is 1. The highest BCUT2D eigenvalue weighted by Gasteiger charge is 2.48. The third-order valence-corrected chi connectivity index (χ3v) is 3.88. The van der Waals surface area contributed by atoms with Crippen LogP contribution < -0.4 is 0 Å². The summed E-state index contributed by atoms with van der Waals surface area (Å²) < 4.78 is 0. The molecule has 0 fully saturated rings. The number of hydrogen-bond acceptors (Lipinski definition) is 1. The smallest absolute Gasteiger partial charge is 0.319 e. The highest BCUT2D eigenvalue weighted by molar-refractivity contribution is 5.97. The third-order valence-electron chi connectivity index (χ3n) is 3.88. The molecule has 0 unspecified atom stereocenters. The molecule has 0 bridgehead atoms. The first-order valence-electron chi connectivity index (χ1n) is 6.25. The van der Waals surface area contributed by atoms with E-state index in [2.05, 4.69) is 6.58 Å². The van der Waals surface area contributed by atoms with Gasteiger partial charge in [-0.1, -0.05) is 54.6 Å². The van der Waals surface area contributed by atoms with Crippen molar-refractivity contribution in [1.82, 2.24) is 0 Å². The highest BCUT2D eigenvalue weighted by Crippen LogP contribution is 2.50. The topological polar surface area (TPSA) is 37.3 Å². The first kappa shape index (κ1) is 14.4. The van der Waals surface area contributed by atoms with E-state index in [1.807, 2.05) is 48.5 Å². The molecule has 102 valence electrons. The molecule has 2 aromatic carbocycles. The Morgan fingerprint density at radius 2 is 1.50 bits per heavy atom. The first-order chi connectivity index (χ1) is 9.21. The molecule has 0 heterocycles. The number of carboxylic acids is 1. The Labute approximate surface area is 124 Å². The maximum absolute atomic E-state index is 12.0. The molecule has 0 aliphatic heterocycles. The number of aliphatic carboxylic acids is 1. The summed E-state index contributed by atoms with van der Waals surface area (Å²) in [5.41, 5.74) is 2.77. The number of hydrogen-bond donors (Lipinski definition) is 1. The molecule has 0 spiro atoms. The van der Waals surface area contributed by atoms with Gasteiger partial charge in [0.25, 0.3) is 0 Å². The molecule has 3 rings (SSSR count). The summed E-state index contributed by atoms with van der Waals surface area (Å²) in [5.74, 6) is -0.815. The van der Waals surface area contributed by atoms with Crippen LogP contribution in [0.4, 0.5) is 0 Å². The lowest BCUT2D eigenvalue weighted by molar-refractivity contribution is -0.141. The van der Waals surface area contributed by atoms with E-state index in [9.17, 15) is 9.90 Å². The Morgan fingerprint density at radius 3 is 1.90 bits per heavy atom. The van der Waals surface area contributed by atoms with Gasteiger partial charge in [0.15, 0.2) is 0 Å². The molecule has 0 saturated carbocycles. The van der Waals surface area contributed by atoms with Crippen LogP contribution in [0.25, 0.3) is 11.1 Å². The number of rotatable bonds is 3. The van der Waals surface area contributed by atoms with Gasteiger partial charge in [0.2, 0.25) is 0 Å². The lowest BCUT2D eigenvalue weighted by Crippen LogP contribution is -2.34. The Morgan fingerprint density at radius 1 is 1.05 bits per heavy atom. The zero-order chi connectivity index (χ0) is 13.5. The quantitative estimate of drug-likeness (QED) is 0.865. The summed E-state index contributed by atoms with van der Waals surface area (Å²) in [6.45, 7) is 3.73. The minimum absolute atomic E-state index is 0. The maximum atomic E-state index is 12.0. The third kappa shape index (κ3) is 1.69. The molecule has 2 nitrogen and oxygen atoms in total. The van der Waals surface area contributed by atoms with E-state index in [4.69, 9.17) is 0 Å². The van der Waals surface area contributed by atoms with Gasteiger partial charge < -0.3 is 5.11 Å². The van der Waals surface area contributed by atoms with Crippen molar-refractivity contribution in [2.75, 3.05) is 0 Å². The Balaban J connectivity index is 0.00000147. The fourth-order valence-corrected chi connectivity index (χ4v) is 3.08. The van der Waals surface area contributed by atoms with Crippen molar-refractivity contribution in [1.29, 1.82) is 0 Å². The van der Waals surface area contributed by atoms with Gasteiger partial charge in [0.05, 0.1) is 0 Å². The predicted molar refractivity (Wildman–Crippen MR) is 82.4 cm³/mol.